The summed E-state index contributed by atoms with van der Waals surface area (Å²) in [5.41, 5.74) is 3.29. The molecule has 5 aromatic rings. The summed E-state index contributed by atoms with van der Waals surface area (Å²) in [6.07, 6.45) is 7.22. The molecule has 0 aliphatic carbocycles. The summed E-state index contributed by atoms with van der Waals surface area (Å²) < 4.78 is 36.2. The summed E-state index contributed by atoms with van der Waals surface area (Å²) in [5.74, 6) is 3.87. The molecule has 0 unspecified atom stereocenters. The monoisotopic (exact) mass is 552 g/mol. The second-order valence-corrected chi connectivity index (χ2v) is 9.13. The number of benzene rings is 2. The Bertz CT molecular complexity index is 1670. The third-order valence-corrected chi connectivity index (χ3v) is 6.33. The number of rotatable bonds is 11. The van der Waals surface area contributed by atoms with E-state index in [-0.39, 0.29) is 13.2 Å². The highest BCUT2D eigenvalue weighted by molar-refractivity contribution is 5.92. The van der Waals surface area contributed by atoms with Gasteiger partial charge in [-0.05, 0) is 55.0 Å². The number of ether oxygens (including phenoxy) is 4. The van der Waals surface area contributed by atoms with E-state index >= 15 is 0 Å². The second kappa shape index (κ2) is 11.9. The number of aryl methyl sites for hydroxylation is 1. The van der Waals surface area contributed by atoms with Crippen LogP contribution >= 0.6 is 0 Å². The summed E-state index contributed by atoms with van der Waals surface area (Å²) in [5, 5.41) is 4.68. The first kappa shape index (κ1) is 26.0. The summed E-state index contributed by atoms with van der Waals surface area (Å²) in [7, 11) is 1.60. The van der Waals surface area contributed by atoms with Crippen molar-refractivity contribution in [2.45, 2.75) is 20.1 Å². The predicted octanol–water partition coefficient (Wildman–Crippen LogP) is 6.04. The highest BCUT2D eigenvalue weighted by Crippen LogP contribution is 2.31. The second-order valence-electron chi connectivity index (χ2n) is 9.13. The van der Waals surface area contributed by atoms with Gasteiger partial charge in [0.15, 0.2) is 17.3 Å². The van der Waals surface area contributed by atoms with Crippen molar-refractivity contribution >= 4 is 12.0 Å². The van der Waals surface area contributed by atoms with Gasteiger partial charge in [-0.25, -0.2) is 14.7 Å². The number of methoxy groups -OCH3 is 1. The third kappa shape index (κ3) is 6.01. The van der Waals surface area contributed by atoms with Crippen molar-refractivity contribution < 1.29 is 27.8 Å². The highest BCUT2D eigenvalue weighted by atomic mass is 16.5. The van der Waals surface area contributed by atoms with Gasteiger partial charge in [-0.1, -0.05) is 24.3 Å². The van der Waals surface area contributed by atoms with Crippen molar-refractivity contribution in [3.63, 3.8) is 0 Å². The summed E-state index contributed by atoms with van der Waals surface area (Å²) in [6.45, 7) is 3.59. The highest BCUT2D eigenvalue weighted by Gasteiger charge is 2.16. The lowest BCUT2D eigenvalue weighted by molar-refractivity contribution is 0.275. The molecule has 1 aliphatic heterocycles. The van der Waals surface area contributed by atoms with Crippen molar-refractivity contribution in [2.75, 3.05) is 20.3 Å². The number of hydrogen-bond acceptors (Lipinski definition) is 9. The zero-order valence-electron chi connectivity index (χ0n) is 22.6. The van der Waals surface area contributed by atoms with Gasteiger partial charge >= 0.3 is 0 Å². The predicted molar refractivity (Wildman–Crippen MR) is 151 cm³/mol. The van der Waals surface area contributed by atoms with Crippen molar-refractivity contribution in [3.8, 4) is 34.7 Å². The summed E-state index contributed by atoms with van der Waals surface area (Å²) in [4.78, 5) is 8.82. The molecule has 0 radical (unpaired) electrons. The average Bonchev–Trinajstić information content (AvgIpc) is 3.82. The lowest BCUT2D eigenvalue weighted by atomic mass is 10.2. The van der Waals surface area contributed by atoms with E-state index in [1.807, 2.05) is 73.8 Å². The Balaban J connectivity index is 1.16. The first-order valence-corrected chi connectivity index (χ1v) is 13.1. The number of aromatic nitrogens is 3. The van der Waals surface area contributed by atoms with Crippen LogP contribution in [0.4, 0.5) is 0 Å². The molecule has 41 heavy (non-hydrogen) atoms. The Labute approximate surface area is 236 Å². The fraction of sp³-hybridized carbons (Fsp3) is 0.194. The van der Waals surface area contributed by atoms with Gasteiger partial charge in [0.25, 0.3) is 5.89 Å². The third-order valence-electron chi connectivity index (χ3n) is 6.33. The normalized spacial score (nSPS) is 12.9. The van der Waals surface area contributed by atoms with Crippen molar-refractivity contribution in [1.29, 1.82) is 0 Å². The average molecular weight is 553 g/mol. The minimum Gasteiger partial charge on any atom is -0.493 e. The molecule has 0 fully saturated rings. The number of aliphatic imine (C=N–C) groups is 1. The van der Waals surface area contributed by atoms with Crippen LogP contribution in [0, 0.1) is 6.92 Å². The standard InChI is InChI=1S/C31H28N4O6/c1-21-25(33-31(41-21)27-9-6-15-37-27)20-39-26-12-10-22(17-28(26)36-2)19-40-30-23(11-13-29-32-14-16-38-29)18-35(34-30)24-7-4-3-5-8-24/h3-13,15,17-18H,14,16,19-20H2,1-2H3. The lowest BCUT2D eigenvalue weighted by Crippen LogP contribution is -2.02. The lowest BCUT2D eigenvalue weighted by Gasteiger charge is -2.12. The molecule has 3 aromatic heterocycles. The Morgan fingerprint density at radius 3 is 2.66 bits per heavy atom. The zero-order valence-corrected chi connectivity index (χ0v) is 22.6. The molecule has 1 aliphatic rings. The van der Waals surface area contributed by atoms with Gasteiger partial charge in [0.1, 0.15) is 31.3 Å². The van der Waals surface area contributed by atoms with E-state index in [9.17, 15) is 0 Å². The molecule has 0 atom stereocenters. The maximum atomic E-state index is 6.17. The summed E-state index contributed by atoms with van der Waals surface area (Å²) >= 11 is 0. The van der Waals surface area contributed by atoms with E-state index in [1.165, 1.54) is 0 Å². The Kier molecular flexibility index (Phi) is 7.53. The van der Waals surface area contributed by atoms with Gasteiger partial charge in [0.2, 0.25) is 11.8 Å². The minimum absolute atomic E-state index is 0.212. The Morgan fingerprint density at radius 1 is 0.976 bits per heavy atom. The molecule has 0 saturated carbocycles. The quantitative estimate of drug-likeness (QED) is 0.195. The van der Waals surface area contributed by atoms with Crippen LogP contribution < -0.4 is 14.2 Å². The van der Waals surface area contributed by atoms with Crippen LogP contribution in [0.1, 0.15) is 22.6 Å². The van der Waals surface area contributed by atoms with Gasteiger partial charge < -0.3 is 27.8 Å². The van der Waals surface area contributed by atoms with E-state index in [1.54, 1.807) is 30.2 Å². The van der Waals surface area contributed by atoms with Crippen LogP contribution in [-0.4, -0.2) is 40.9 Å². The number of hydrogen-bond donors (Lipinski definition) is 0. The minimum atomic E-state index is 0.212. The maximum absolute atomic E-state index is 6.17. The van der Waals surface area contributed by atoms with Gasteiger partial charge in [-0.3, -0.25) is 0 Å². The van der Waals surface area contributed by atoms with Gasteiger partial charge in [0, 0.05) is 12.3 Å². The molecule has 6 rings (SSSR count). The van der Waals surface area contributed by atoms with Gasteiger partial charge in [-0.15, -0.1) is 5.10 Å². The topological polar surface area (TPSA) is 106 Å². The van der Waals surface area contributed by atoms with Crippen LogP contribution in [0.5, 0.6) is 17.4 Å². The van der Waals surface area contributed by atoms with Crippen molar-refractivity contribution in [3.05, 3.63) is 102 Å². The van der Waals surface area contributed by atoms with Crippen molar-refractivity contribution in [2.24, 2.45) is 4.99 Å². The van der Waals surface area contributed by atoms with Crippen LogP contribution in [0.15, 0.2) is 93.0 Å². The van der Waals surface area contributed by atoms with Crippen LogP contribution in [0.2, 0.25) is 0 Å². The molecule has 4 heterocycles. The van der Waals surface area contributed by atoms with E-state index in [4.69, 9.17) is 27.8 Å². The van der Waals surface area contributed by atoms with Gasteiger partial charge in [0.05, 0.1) is 31.2 Å². The molecule has 0 amide bonds. The molecule has 0 N–H and O–H groups in total. The molecule has 0 bridgehead atoms. The van der Waals surface area contributed by atoms with Gasteiger partial charge in [-0.2, -0.15) is 0 Å². The maximum Gasteiger partial charge on any atom is 0.263 e. The van der Waals surface area contributed by atoms with E-state index in [0.717, 1.165) is 16.8 Å². The molecule has 10 heteroatoms. The van der Waals surface area contributed by atoms with Crippen LogP contribution in [-0.2, 0) is 18.0 Å². The SMILES string of the molecule is COc1cc(COc2nn(-c3ccccc3)cc2C=CC2=NCCO2)ccc1OCc1nc(-c2ccco2)oc1C. The van der Waals surface area contributed by atoms with Crippen molar-refractivity contribution in [1.82, 2.24) is 14.8 Å². The van der Waals surface area contributed by atoms with E-state index in [0.29, 0.717) is 59.5 Å². The molecular weight excluding hydrogens is 524 g/mol. The number of furan rings is 1. The molecule has 0 saturated heterocycles. The first-order valence-electron chi connectivity index (χ1n) is 13.1. The fourth-order valence-corrected chi connectivity index (χ4v) is 4.21. The van der Waals surface area contributed by atoms with E-state index in [2.05, 4.69) is 15.1 Å². The smallest absolute Gasteiger partial charge is 0.263 e. The molecule has 0 spiro atoms. The number of oxazole rings is 1. The van der Waals surface area contributed by atoms with Crippen LogP contribution in [0.25, 0.3) is 23.4 Å². The number of para-hydroxylation sites is 1. The van der Waals surface area contributed by atoms with E-state index < -0.39 is 0 Å². The summed E-state index contributed by atoms with van der Waals surface area (Å²) in [6, 6.07) is 19.1. The molecule has 2 aromatic carbocycles. The molecule has 208 valence electrons. The zero-order chi connectivity index (χ0) is 28.0. The molecule has 10 nitrogen and oxygen atoms in total. The Hall–Kier alpha value is -5.25. The molecular formula is C31H28N4O6. The Morgan fingerprint density at radius 2 is 1.88 bits per heavy atom. The fourth-order valence-electron chi connectivity index (χ4n) is 4.21. The first-order chi connectivity index (χ1) is 20.2. The van der Waals surface area contributed by atoms with Crippen LogP contribution in [0.3, 0.4) is 0 Å². The number of nitrogens with zero attached hydrogens (tertiary/aromatic N) is 4. The largest absolute Gasteiger partial charge is 0.493 e.